The molecule has 0 unspecified atom stereocenters. The molecule has 0 aromatic heterocycles. The van der Waals surface area contributed by atoms with Crippen LogP contribution < -0.4 is 10.6 Å². The summed E-state index contributed by atoms with van der Waals surface area (Å²) in [5.74, 6) is 3.23. The molecule has 5 heteroatoms. The second-order valence-corrected chi connectivity index (χ2v) is 9.81. The van der Waals surface area contributed by atoms with E-state index in [2.05, 4.69) is 60.2 Å². The van der Waals surface area contributed by atoms with Crippen molar-refractivity contribution in [3.63, 3.8) is 0 Å². The molecule has 2 N–H and O–H groups in total. The molecule has 0 saturated carbocycles. The van der Waals surface area contributed by atoms with Crippen molar-refractivity contribution < 1.29 is 4.79 Å². The number of urea groups is 1. The highest BCUT2D eigenvalue weighted by Gasteiger charge is 2.27. The van der Waals surface area contributed by atoms with Crippen LogP contribution in [-0.2, 0) is 5.41 Å². The molecule has 2 amide bonds. The van der Waals surface area contributed by atoms with Crippen molar-refractivity contribution in [3.05, 3.63) is 29.8 Å². The topological polar surface area (TPSA) is 44.4 Å². The maximum Gasteiger partial charge on any atom is 0.319 e. The number of hydrogen-bond donors (Lipinski definition) is 2. The molecule has 0 radical (unpaired) electrons. The molecule has 3 rings (SSSR count). The molecule has 1 aromatic rings. The Balaban J connectivity index is 1.38. The van der Waals surface area contributed by atoms with Gasteiger partial charge in [0.05, 0.1) is 0 Å². The van der Waals surface area contributed by atoms with Gasteiger partial charge in [0, 0.05) is 24.0 Å². The predicted octanol–water partition coefficient (Wildman–Crippen LogP) is 4.32. The number of carbonyl (C=O) groups excluding carboxylic acids is 1. The van der Waals surface area contributed by atoms with Crippen LogP contribution >= 0.6 is 11.8 Å². The van der Waals surface area contributed by atoms with Crippen LogP contribution in [0.1, 0.15) is 45.6 Å². The number of thioether (sulfide) groups is 1. The van der Waals surface area contributed by atoms with Crippen LogP contribution in [0, 0.1) is 5.92 Å². The molecule has 1 atom stereocenters. The lowest BCUT2D eigenvalue weighted by atomic mass is 9.87. The summed E-state index contributed by atoms with van der Waals surface area (Å²) in [5, 5.41) is 6.01. The largest absolute Gasteiger partial charge is 0.338 e. The maximum atomic E-state index is 12.2. The number of rotatable bonds is 4. The fraction of sp³-hybridized carbons (Fsp3) is 0.667. The summed E-state index contributed by atoms with van der Waals surface area (Å²) in [5.41, 5.74) is 2.26. The number of likely N-dealkylation sites (tertiary alicyclic amines) is 1. The van der Waals surface area contributed by atoms with Crippen molar-refractivity contribution in [1.82, 2.24) is 10.2 Å². The highest BCUT2D eigenvalue weighted by molar-refractivity contribution is 7.99. The van der Waals surface area contributed by atoms with Gasteiger partial charge in [0.2, 0.25) is 0 Å². The van der Waals surface area contributed by atoms with Gasteiger partial charge in [0.1, 0.15) is 0 Å². The van der Waals surface area contributed by atoms with Crippen molar-refractivity contribution in [3.8, 4) is 0 Å². The number of hydrogen-bond acceptors (Lipinski definition) is 3. The number of anilines is 1. The van der Waals surface area contributed by atoms with Gasteiger partial charge < -0.3 is 10.6 Å². The fourth-order valence-electron chi connectivity index (χ4n) is 3.80. The number of amides is 2. The first-order valence-electron chi connectivity index (χ1n) is 9.89. The Labute approximate surface area is 162 Å². The summed E-state index contributed by atoms with van der Waals surface area (Å²) in [7, 11) is 0. The van der Waals surface area contributed by atoms with Gasteiger partial charge >= 0.3 is 6.03 Å². The molecule has 0 aliphatic carbocycles. The van der Waals surface area contributed by atoms with E-state index in [1.807, 2.05) is 12.1 Å². The van der Waals surface area contributed by atoms with Crippen LogP contribution in [0.5, 0.6) is 0 Å². The maximum absolute atomic E-state index is 12.2. The summed E-state index contributed by atoms with van der Waals surface area (Å²) in [6, 6.07) is 8.85. The van der Waals surface area contributed by atoms with Gasteiger partial charge in [-0.05, 0) is 67.1 Å². The first-order chi connectivity index (χ1) is 12.4. The van der Waals surface area contributed by atoms with E-state index in [-0.39, 0.29) is 11.4 Å². The Morgan fingerprint density at radius 1 is 1.15 bits per heavy atom. The molecule has 4 nitrogen and oxygen atoms in total. The van der Waals surface area contributed by atoms with Crippen molar-refractivity contribution in [1.29, 1.82) is 0 Å². The van der Waals surface area contributed by atoms with E-state index in [1.54, 1.807) is 0 Å². The zero-order valence-corrected chi connectivity index (χ0v) is 17.2. The second-order valence-electron chi connectivity index (χ2n) is 8.66. The van der Waals surface area contributed by atoms with E-state index < -0.39 is 0 Å². The molecule has 1 aromatic carbocycles. The molecular weight excluding hydrogens is 342 g/mol. The number of nitrogens with zero attached hydrogens (tertiary/aromatic N) is 1. The Bertz CT molecular complexity index is 582. The summed E-state index contributed by atoms with van der Waals surface area (Å²) < 4.78 is 0. The van der Waals surface area contributed by atoms with Crippen molar-refractivity contribution in [2.45, 2.75) is 51.5 Å². The molecule has 2 heterocycles. The lowest BCUT2D eigenvalue weighted by Crippen LogP contribution is -2.44. The highest BCUT2D eigenvalue weighted by atomic mass is 32.2. The molecule has 2 fully saturated rings. The minimum atomic E-state index is -0.0943. The molecule has 26 heavy (non-hydrogen) atoms. The Kier molecular flexibility index (Phi) is 6.51. The molecule has 2 aliphatic rings. The number of benzene rings is 1. The quantitative estimate of drug-likeness (QED) is 0.823. The molecule has 0 bridgehead atoms. The van der Waals surface area contributed by atoms with Crippen molar-refractivity contribution >= 4 is 23.5 Å². The van der Waals surface area contributed by atoms with Crippen LogP contribution in [0.2, 0.25) is 0 Å². The SMILES string of the molecule is CC(C)(C)c1ccc(NC(=O)NCC2CCN([C@H]3CCSC3)CC2)cc1. The highest BCUT2D eigenvalue weighted by Crippen LogP contribution is 2.27. The Morgan fingerprint density at radius 3 is 2.42 bits per heavy atom. The minimum Gasteiger partial charge on any atom is -0.338 e. The van der Waals surface area contributed by atoms with Crippen molar-refractivity contribution in [2.75, 3.05) is 36.5 Å². The third-order valence-corrected chi connectivity index (χ3v) is 6.78. The van der Waals surface area contributed by atoms with Crippen molar-refractivity contribution in [2.24, 2.45) is 5.92 Å². The van der Waals surface area contributed by atoms with Gasteiger partial charge in [0.15, 0.2) is 0 Å². The predicted molar refractivity (Wildman–Crippen MR) is 112 cm³/mol. The summed E-state index contributed by atoms with van der Waals surface area (Å²) in [6.07, 6.45) is 3.74. The molecule has 144 valence electrons. The van der Waals surface area contributed by atoms with E-state index in [0.717, 1.165) is 18.3 Å². The van der Waals surface area contributed by atoms with Gasteiger partial charge in [-0.3, -0.25) is 4.90 Å². The average Bonchev–Trinajstić information content (AvgIpc) is 3.15. The Morgan fingerprint density at radius 2 is 1.85 bits per heavy atom. The van der Waals surface area contributed by atoms with E-state index in [0.29, 0.717) is 5.92 Å². The van der Waals surface area contributed by atoms with E-state index in [4.69, 9.17) is 0 Å². The molecule has 0 spiro atoms. The minimum absolute atomic E-state index is 0.0943. The Hall–Kier alpha value is -1.20. The van der Waals surface area contributed by atoms with Crippen LogP contribution in [0.4, 0.5) is 10.5 Å². The van der Waals surface area contributed by atoms with Crippen LogP contribution in [0.25, 0.3) is 0 Å². The summed E-state index contributed by atoms with van der Waals surface area (Å²) >= 11 is 2.09. The first-order valence-corrected chi connectivity index (χ1v) is 11.0. The standard InChI is InChI=1S/C21H33N3OS/c1-21(2,3)17-4-6-18(7-5-17)23-20(25)22-14-16-8-11-24(12-9-16)19-10-13-26-15-19/h4-7,16,19H,8-15H2,1-3H3,(H2,22,23,25)/t19-/m0/s1. The van der Waals surface area contributed by atoms with Crippen LogP contribution in [-0.4, -0.2) is 48.1 Å². The molecule has 2 aliphatic heterocycles. The second kappa shape index (κ2) is 8.66. The van der Waals surface area contributed by atoms with Gasteiger partial charge in [0.25, 0.3) is 0 Å². The normalized spacial score (nSPS) is 22.3. The lowest BCUT2D eigenvalue weighted by molar-refractivity contribution is 0.143. The molecular formula is C21H33N3OS. The van der Waals surface area contributed by atoms with Crippen LogP contribution in [0.15, 0.2) is 24.3 Å². The average molecular weight is 376 g/mol. The monoisotopic (exact) mass is 375 g/mol. The summed E-state index contributed by atoms with van der Waals surface area (Å²) in [6.45, 7) is 9.73. The number of nitrogens with one attached hydrogen (secondary N) is 2. The van der Waals surface area contributed by atoms with Crippen LogP contribution in [0.3, 0.4) is 0 Å². The van der Waals surface area contributed by atoms with Gasteiger partial charge in [-0.15, -0.1) is 0 Å². The van der Waals surface area contributed by atoms with E-state index >= 15 is 0 Å². The molecule has 2 saturated heterocycles. The number of carbonyl (C=O) groups is 1. The third kappa shape index (κ3) is 5.40. The van der Waals surface area contributed by atoms with E-state index in [9.17, 15) is 4.79 Å². The first kappa shape index (κ1) is 19.6. The summed E-state index contributed by atoms with van der Waals surface area (Å²) in [4.78, 5) is 14.8. The lowest BCUT2D eigenvalue weighted by Gasteiger charge is -2.35. The zero-order chi connectivity index (χ0) is 18.6. The van der Waals surface area contributed by atoms with Gasteiger partial charge in [-0.25, -0.2) is 4.79 Å². The third-order valence-electron chi connectivity index (χ3n) is 5.63. The van der Waals surface area contributed by atoms with Gasteiger partial charge in [-0.1, -0.05) is 32.9 Å². The zero-order valence-electron chi connectivity index (χ0n) is 16.4. The fourth-order valence-corrected chi connectivity index (χ4v) is 5.05. The van der Waals surface area contributed by atoms with Gasteiger partial charge in [-0.2, -0.15) is 11.8 Å². The van der Waals surface area contributed by atoms with E-state index in [1.165, 1.54) is 49.4 Å². The smallest absolute Gasteiger partial charge is 0.319 e. The number of piperidine rings is 1.